The monoisotopic (exact) mass is 366 g/mol. The Balaban J connectivity index is 1.34. The van der Waals surface area contributed by atoms with Crippen molar-refractivity contribution in [1.82, 2.24) is 10.3 Å². The van der Waals surface area contributed by atoms with Gasteiger partial charge in [0.15, 0.2) is 0 Å². The number of hydrogen-bond acceptors (Lipinski definition) is 3. The van der Waals surface area contributed by atoms with E-state index in [1.807, 2.05) is 72.8 Å². The third-order valence-corrected chi connectivity index (χ3v) is 4.39. The first kappa shape index (κ1) is 17.6. The number of hydrogen-bond donors (Lipinski definition) is 1. The summed E-state index contributed by atoms with van der Waals surface area (Å²) >= 11 is 0. The Morgan fingerprint density at radius 1 is 0.893 bits per heavy atom. The normalized spacial score (nSPS) is 10.3. The zero-order chi connectivity index (χ0) is 19.2. The van der Waals surface area contributed by atoms with Crippen molar-refractivity contribution in [3.8, 4) is 17.6 Å². The number of aromatic nitrogens is 1. The van der Waals surface area contributed by atoms with Crippen LogP contribution in [0.25, 0.3) is 21.7 Å². The van der Waals surface area contributed by atoms with Gasteiger partial charge in [-0.2, -0.15) is 0 Å². The van der Waals surface area contributed by atoms with Crippen LogP contribution in [0.3, 0.4) is 0 Å². The average Bonchev–Trinajstić information content (AvgIpc) is 2.75. The molecule has 1 heterocycles. The summed E-state index contributed by atoms with van der Waals surface area (Å²) in [6.45, 7) is 0.499. The maximum atomic E-state index is 12.4. The highest BCUT2D eigenvalue weighted by Gasteiger charge is 2.08. The molecule has 1 amide bonds. The molecule has 4 heteroatoms. The van der Waals surface area contributed by atoms with E-state index in [0.717, 1.165) is 21.7 Å². The highest BCUT2D eigenvalue weighted by molar-refractivity contribution is 6.07. The number of amides is 1. The number of fused-ring (bicyclic) bond motifs is 2. The van der Waals surface area contributed by atoms with Crippen molar-refractivity contribution in [2.75, 3.05) is 13.2 Å². The molecule has 0 fully saturated rings. The van der Waals surface area contributed by atoms with Gasteiger partial charge in [0.2, 0.25) is 0 Å². The Hall–Kier alpha value is -3.84. The molecular formula is C24H18N2O2. The van der Waals surface area contributed by atoms with E-state index in [0.29, 0.717) is 11.3 Å². The van der Waals surface area contributed by atoms with Crippen molar-refractivity contribution in [3.05, 3.63) is 84.6 Å². The van der Waals surface area contributed by atoms with Crippen LogP contribution in [0, 0.1) is 11.8 Å². The van der Waals surface area contributed by atoms with Gasteiger partial charge in [-0.05, 0) is 29.0 Å². The zero-order valence-corrected chi connectivity index (χ0v) is 15.2. The fraction of sp³-hybridized carbons (Fsp3) is 0.0833. The maximum Gasteiger partial charge on any atom is 0.252 e. The molecule has 4 rings (SSSR count). The van der Waals surface area contributed by atoms with Crippen LogP contribution >= 0.6 is 0 Å². The second-order valence-electron chi connectivity index (χ2n) is 6.18. The Bertz CT molecular complexity index is 1190. The van der Waals surface area contributed by atoms with Crippen molar-refractivity contribution < 1.29 is 9.53 Å². The van der Waals surface area contributed by atoms with E-state index in [1.165, 1.54) is 0 Å². The van der Waals surface area contributed by atoms with Crippen LogP contribution in [-0.2, 0) is 0 Å². The fourth-order valence-electron chi connectivity index (χ4n) is 3.06. The summed E-state index contributed by atoms with van der Waals surface area (Å²) in [6.07, 6.45) is 1.74. The number of nitrogens with one attached hydrogen (secondary N) is 1. The molecule has 0 saturated heterocycles. The Morgan fingerprint density at radius 3 is 2.64 bits per heavy atom. The Morgan fingerprint density at radius 2 is 1.68 bits per heavy atom. The van der Waals surface area contributed by atoms with Crippen molar-refractivity contribution in [2.24, 2.45) is 0 Å². The molecule has 3 aromatic carbocycles. The van der Waals surface area contributed by atoms with Crippen LogP contribution < -0.4 is 10.1 Å². The molecule has 28 heavy (non-hydrogen) atoms. The highest BCUT2D eigenvalue weighted by Crippen LogP contribution is 2.22. The molecule has 4 aromatic rings. The average molecular weight is 366 g/mol. The summed E-state index contributed by atoms with van der Waals surface area (Å²) in [7, 11) is 0. The van der Waals surface area contributed by atoms with Gasteiger partial charge in [0.05, 0.1) is 6.54 Å². The zero-order valence-electron chi connectivity index (χ0n) is 15.2. The van der Waals surface area contributed by atoms with Gasteiger partial charge in [-0.25, -0.2) is 0 Å². The second kappa shape index (κ2) is 8.24. The smallest absolute Gasteiger partial charge is 0.252 e. The van der Waals surface area contributed by atoms with Crippen LogP contribution in [0.5, 0.6) is 5.75 Å². The number of ether oxygens (including phenoxy) is 1. The van der Waals surface area contributed by atoms with Gasteiger partial charge in [-0.1, -0.05) is 66.4 Å². The molecule has 0 aliphatic heterocycles. The number of para-hydroxylation sites is 1. The lowest BCUT2D eigenvalue weighted by molar-refractivity contribution is 0.0960. The highest BCUT2D eigenvalue weighted by atomic mass is 16.5. The minimum absolute atomic E-state index is 0.134. The number of carbonyl (C=O) groups is 1. The Labute approximate surface area is 163 Å². The van der Waals surface area contributed by atoms with Gasteiger partial charge < -0.3 is 10.1 Å². The summed E-state index contributed by atoms with van der Waals surface area (Å²) in [5, 5.41) is 5.84. The molecule has 4 nitrogen and oxygen atoms in total. The second-order valence-corrected chi connectivity index (χ2v) is 6.18. The van der Waals surface area contributed by atoms with Crippen LogP contribution in [-0.4, -0.2) is 24.0 Å². The SMILES string of the molecule is O=C(NCC#CCOc1cccc2cccnc12)c1cccc2ccccc12. The topological polar surface area (TPSA) is 51.2 Å². The molecule has 1 aromatic heterocycles. The predicted molar refractivity (Wildman–Crippen MR) is 111 cm³/mol. The minimum atomic E-state index is -0.134. The number of benzene rings is 3. The molecule has 0 aliphatic rings. The first-order valence-electron chi connectivity index (χ1n) is 9.01. The summed E-state index contributed by atoms with van der Waals surface area (Å²) in [6, 6.07) is 23.2. The van der Waals surface area contributed by atoms with Crippen molar-refractivity contribution in [2.45, 2.75) is 0 Å². The standard InChI is InChI=1S/C24H18N2O2/c27-24(21-13-5-9-18-8-1-2-12-20(18)21)26-15-3-4-17-28-22-14-6-10-19-11-7-16-25-23(19)22/h1-2,5-14,16H,15,17H2,(H,26,27). The lowest BCUT2D eigenvalue weighted by Crippen LogP contribution is -2.23. The summed E-state index contributed by atoms with van der Waals surface area (Å²) in [5.41, 5.74) is 1.47. The predicted octanol–water partition coefficient (Wildman–Crippen LogP) is 4.20. The molecule has 0 atom stereocenters. The number of rotatable bonds is 4. The van der Waals surface area contributed by atoms with Crippen LogP contribution in [0.4, 0.5) is 0 Å². The van der Waals surface area contributed by atoms with E-state index >= 15 is 0 Å². The van der Waals surface area contributed by atoms with Crippen molar-refractivity contribution in [1.29, 1.82) is 0 Å². The molecule has 0 unspecified atom stereocenters. The fourth-order valence-corrected chi connectivity index (χ4v) is 3.06. The van der Waals surface area contributed by atoms with E-state index in [-0.39, 0.29) is 19.1 Å². The van der Waals surface area contributed by atoms with Gasteiger partial charge in [0.25, 0.3) is 5.91 Å². The number of carbonyl (C=O) groups excluding carboxylic acids is 1. The van der Waals surface area contributed by atoms with Gasteiger partial charge in [0.1, 0.15) is 17.9 Å². The Kier molecular flexibility index (Phi) is 5.17. The molecule has 136 valence electrons. The first-order chi connectivity index (χ1) is 13.8. The molecule has 0 bridgehead atoms. The van der Waals surface area contributed by atoms with Gasteiger partial charge in [-0.15, -0.1) is 0 Å². The quantitative estimate of drug-likeness (QED) is 0.551. The van der Waals surface area contributed by atoms with E-state index < -0.39 is 0 Å². The number of pyridine rings is 1. The lowest BCUT2D eigenvalue weighted by Gasteiger charge is -2.06. The van der Waals surface area contributed by atoms with Crippen LogP contribution in [0.2, 0.25) is 0 Å². The summed E-state index contributed by atoms with van der Waals surface area (Å²) in [5.74, 6) is 6.42. The van der Waals surface area contributed by atoms with E-state index in [9.17, 15) is 4.79 Å². The molecular weight excluding hydrogens is 348 g/mol. The lowest BCUT2D eigenvalue weighted by atomic mass is 10.0. The van der Waals surface area contributed by atoms with E-state index in [4.69, 9.17) is 4.74 Å². The maximum absolute atomic E-state index is 12.4. The molecule has 0 saturated carbocycles. The van der Waals surface area contributed by atoms with E-state index in [1.54, 1.807) is 6.20 Å². The van der Waals surface area contributed by atoms with Crippen molar-refractivity contribution >= 4 is 27.6 Å². The van der Waals surface area contributed by atoms with Gasteiger partial charge in [0, 0.05) is 17.1 Å². The summed E-state index contributed by atoms with van der Waals surface area (Å²) in [4.78, 5) is 16.8. The largest absolute Gasteiger partial charge is 0.479 e. The third-order valence-electron chi connectivity index (χ3n) is 4.39. The van der Waals surface area contributed by atoms with Gasteiger partial charge >= 0.3 is 0 Å². The van der Waals surface area contributed by atoms with Gasteiger partial charge in [-0.3, -0.25) is 9.78 Å². The summed E-state index contributed by atoms with van der Waals surface area (Å²) < 4.78 is 5.72. The molecule has 0 spiro atoms. The molecule has 0 radical (unpaired) electrons. The molecule has 0 aliphatic carbocycles. The molecule has 1 N–H and O–H groups in total. The van der Waals surface area contributed by atoms with Crippen LogP contribution in [0.1, 0.15) is 10.4 Å². The third kappa shape index (κ3) is 3.79. The van der Waals surface area contributed by atoms with Crippen LogP contribution in [0.15, 0.2) is 79.0 Å². The minimum Gasteiger partial charge on any atom is -0.479 e. The van der Waals surface area contributed by atoms with E-state index in [2.05, 4.69) is 22.1 Å². The first-order valence-corrected chi connectivity index (χ1v) is 9.01. The van der Waals surface area contributed by atoms with Crippen molar-refractivity contribution in [3.63, 3.8) is 0 Å². The number of nitrogens with zero attached hydrogens (tertiary/aromatic N) is 1.